The number of anilines is 1. The summed E-state index contributed by atoms with van der Waals surface area (Å²) in [5.41, 5.74) is 0.816. The monoisotopic (exact) mass is 403 g/mol. The van der Waals surface area contributed by atoms with E-state index in [0.29, 0.717) is 23.0 Å². The van der Waals surface area contributed by atoms with E-state index in [-0.39, 0.29) is 10.7 Å². The molecule has 6 nitrogen and oxygen atoms in total. The predicted molar refractivity (Wildman–Crippen MR) is 105 cm³/mol. The highest BCUT2D eigenvalue weighted by Gasteiger charge is 2.13. The first-order valence-corrected chi connectivity index (χ1v) is 8.70. The van der Waals surface area contributed by atoms with Crippen LogP contribution in [0.2, 0.25) is 10.0 Å². The molecule has 27 heavy (non-hydrogen) atoms. The van der Waals surface area contributed by atoms with Crippen molar-refractivity contribution in [3.8, 4) is 5.75 Å². The standard InChI is InChI=1S/C19H15Cl2N3O3/c1-27-12-7-5-11(6-8-12)9-16-22-15(10-17(25)24-16)19(26)23-14-4-2-3-13(20)18(14)21/h2-8,10H,9H2,1H3,(H,23,26)(H,22,24,25). The van der Waals surface area contributed by atoms with Gasteiger partial charge in [0.05, 0.1) is 22.8 Å². The summed E-state index contributed by atoms with van der Waals surface area (Å²) in [6.45, 7) is 0. The largest absolute Gasteiger partial charge is 0.497 e. The first-order valence-electron chi connectivity index (χ1n) is 7.95. The molecule has 1 heterocycles. The van der Waals surface area contributed by atoms with Gasteiger partial charge in [0.2, 0.25) is 0 Å². The first-order chi connectivity index (χ1) is 13.0. The molecule has 138 valence electrons. The van der Waals surface area contributed by atoms with Crippen LogP contribution in [0, 0.1) is 0 Å². The van der Waals surface area contributed by atoms with Crippen LogP contribution in [0.15, 0.2) is 53.3 Å². The molecule has 0 saturated carbocycles. The lowest BCUT2D eigenvalue weighted by Crippen LogP contribution is -2.20. The van der Waals surface area contributed by atoms with Crippen LogP contribution in [0.1, 0.15) is 21.9 Å². The van der Waals surface area contributed by atoms with E-state index in [4.69, 9.17) is 27.9 Å². The van der Waals surface area contributed by atoms with Gasteiger partial charge in [0.25, 0.3) is 11.5 Å². The lowest BCUT2D eigenvalue weighted by atomic mass is 10.1. The predicted octanol–water partition coefficient (Wildman–Crippen LogP) is 3.93. The lowest BCUT2D eigenvalue weighted by Gasteiger charge is -2.09. The maximum atomic E-state index is 12.5. The van der Waals surface area contributed by atoms with E-state index < -0.39 is 11.5 Å². The summed E-state index contributed by atoms with van der Waals surface area (Å²) >= 11 is 12.0. The second-order valence-electron chi connectivity index (χ2n) is 5.66. The van der Waals surface area contributed by atoms with Crippen molar-refractivity contribution >= 4 is 34.8 Å². The Hall–Kier alpha value is -2.83. The lowest BCUT2D eigenvalue weighted by molar-refractivity contribution is 0.102. The number of carbonyl (C=O) groups excluding carboxylic acids is 1. The second kappa shape index (κ2) is 8.24. The van der Waals surface area contributed by atoms with E-state index in [1.165, 1.54) is 0 Å². The fraction of sp³-hybridized carbons (Fsp3) is 0.105. The summed E-state index contributed by atoms with van der Waals surface area (Å²) in [4.78, 5) is 31.3. The maximum Gasteiger partial charge on any atom is 0.274 e. The van der Waals surface area contributed by atoms with Gasteiger partial charge in [0.15, 0.2) is 0 Å². The number of methoxy groups -OCH3 is 1. The highest BCUT2D eigenvalue weighted by molar-refractivity contribution is 6.44. The van der Waals surface area contributed by atoms with Gasteiger partial charge in [-0.05, 0) is 29.8 Å². The van der Waals surface area contributed by atoms with Gasteiger partial charge in [-0.15, -0.1) is 0 Å². The number of aromatic nitrogens is 2. The molecule has 1 aromatic heterocycles. The van der Waals surface area contributed by atoms with Gasteiger partial charge in [0, 0.05) is 12.5 Å². The van der Waals surface area contributed by atoms with E-state index in [1.54, 1.807) is 25.3 Å². The van der Waals surface area contributed by atoms with Crippen molar-refractivity contribution in [3.63, 3.8) is 0 Å². The molecule has 2 aromatic carbocycles. The average molecular weight is 404 g/mol. The van der Waals surface area contributed by atoms with Crippen molar-refractivity contribution in [1.82, 2.24) is 9.97 Å². The van der Waals surface area contributed by atoms with Crippen LogP contribution < -0.4 is 15.6 Å². The topological polar surface area (TPSA) is 84.1 Å². The van der Waals surface area contributed by atoms with E-state index in [1.807, 2.05) is 24.3 Å². The van der Waals surface area contributed by atoms with Gasteiger partial charge in [0.1, 0.15) is 17.3 Å². The summed E-state index contributed by atoms with van der Waals surface area (Å²) in [5.74, 6) is 0.544. The third-order valence-corrected chi connectivity index (χ3v) is 4.57. The molecule has 0 aliphatic heterocycles. The van der Waals surface area contributed by atoms with Crippen LogP contribution >= 0.6 is 23.2 Å². The quantitative estimate of drug-likeness (QED) is 0.675. The van der Waals surface area contributed by atoms with Crippen molar-refractivity contribution in [1.29, 1.82) is 0 Å². The van der Waals surface area contributed by atoms with E-state index in [9.17, 15) is 9.59 Å². The Morgan fingerprint density at radius 1 is 1.19 bits per heavy atom. The molecule has 0 bridgehead atoms. The Labute approximate surface area is 165 Å². The van der Waals surface area contributed by atoms with Gasteiger partial charge in [-0.2, -0.15) is 0 Å². The van der Waals surface area contributed by atoms with Crippen molar-refractivity contribution in [2.75, 3.05) is 12.4 Å². The van der Waals surface area contributed by atoms with Crippen LogP contribution in [-0.4, -0.2) is 23.0 Å². The minimum atomic E-state index is -0.554. The summed E-state index contributed by atoms with van der Waals surface area (Å²) in [6.07, 6.45) is 0.359. The zero-order valence-corrected chi connectivity index (χ0v) is 15.8. The van der Waals surface area contributed by atoms with Crippen molar-refractivity contribution in [2.45, 2.75) is 6.42 Å². The molecule has 8 heteroatoms. The highest BCUT2D eigenvalue weighted by atomic mass is 35.5. The number of halogens is 2. The van der Waals surface area contributed by atoms with Crippen LogP contribution in [0.25, 0.3) is 0 Å². The van der Waals surface area contributed by atoms with Crippen LogP contribution in [-0.2, 0) is 6.42 Å². The van der Waals surface area contributed by atoms with Crippen LogP contribution in [0.4, 0.5) is 5.69 Å². The van der Waals surface area contributed by atoms with Crippen LogP contribution in [0.3, 0.4) is 0 Å². The molecule has 1 amide bonds. The van der Waals surface area contributed by atoms with E-state index in [0.717, 1.165) is 17.4 Å². The van der Waals surface area contributed by atoms with Gasteiger partial charge in [-0.1, -0.05) is 41.4 Å². The Morgan fingerprint density at radius 2 is 1.93 bits per heavy atom. The number of aromatic amines is 1. The number of benzene rings is 2. The maximum absolute atomic E-state index is 12.5. The van der Waals surface area contributed by atoms with Gasteiger partial charge >= 0.3 is 0 Å². The highest BCUT2D eigenvalue weighted by Crippen LogP contribution is 2.29. The molecule has 0 unspecified atom stereocenters. The van der Waals surface area contributed by atoms with E-state index >= 15 is 0 Å². The minimum absolute atomic E-state index is 0.0155. The summed E-state index contributed by atoms with van der Waals surface area (Å²) in [7, 11) is 1.59. The fourth-order valence-electron chi connectivity index (χ4n) is 2.43. The molecule has 0 radical (unpaired) electrons. The molecule has 0 fully saturated rings. The van der Waals surface area contributed by atoms with Crippen LogP contribution in [0.5, 0.6) is 5.75 Å². The number of hydrogen-bond donors (Lipinski definition) is 2. The second-order valence-corrected chi connectivity index (χ2v) is 6.44. The molecule has 0 atom stereocenters. The average Bonchev–Trinajstić information content (AvgIpc) is 2.65. The smallest absolute Gasteiger partial charge is 0.274 e. The molecule has 0 saturated heterocycles. The number of ether oxygens (including phenoxy) is 1. The molecular weight excluding hydrogens is 389 g/mol. The number of rotatable bonds is 5. The fourth-order valence-corrected chi connectivity index (χ4v) is 2.78. The van der Waals surface area contributed by atoms with Crippen molar-refractivity contribution in [3.05, 3.63) is 86.0 Å². The summed E-state index contributed by atoms with van der Waals surface area (Å²) < 4.78 is 5.12. The van der Waals surface area contributed by atoms with E-state index in [2.05, 4.69) is 15.3 Å². The molecule has 0 aliphatic carbocycles. The Bertz CT molecular complexity index is 1030. The first kappa shape index (κ1) is 18.9. The van der Waals surface area contributed by atoms with Gasteiger partial charge in [-0.3, -0.25) is 9.59 Å². The molecular formula is C19H15Cl2N3O3. The number of nitrogens with one attached hydrogen (secondary N) is 2. The molecule has 0 spiro atoms. The number of amides is 1. The minimum Gasteiger partial charge on any atom is -0.497 e. The molecule has 3 rings (SSSR count). The number of carbonyl (C=O) groups is 1. The zero-order chi connectivity index (χ0) is 19.4. The normalized spacial score (nSPS) is 10.5. The van der Waals surface area contributed by atoms with Crippen molar-refractivity contribution in [2.24, 2.45) is 0 Å². The molecule has 2 N–H and O–H groups in total. The summed E-state index contributed by atoms with van der Waals surface area (Å²) in [6, 6.07) is 13.3. The third-order valence-electron chi connectivity index (χ3n) is 3.75. The number of H-pyrrole nitrogens is 1. The Kier molecular flexibility index (Phi) is 5.78. The molecule has 3 aromatic rings. The van der Waals surface area contributed by atoms with Crippen molar-refractivity contribution < 1.29 is 9.53 Å². The number of nitrogens with zero attached hydrogens (tertiary/aromatic N) is 1. The van der Waals surface area contributed by atoms with Gasteiger partial charge < -0.3 is 15.0 Å². The summed E-state index contributed by atoms with van der Waals surface area (Å²) in [5, 5.41) is 3.15. The SMILES string of the molecule is COc1ccc(Cc2nc(C(=O)Nc3cccc(Cl)c3Cl)cc(=O)[nH]2)cc1. The Balaban J connectivity index is 1.82. The Morgan fingerprint density at radius 3 is 2.63 bits per heavy atom. The third kappa shape index (κ3) is 4.67. The number of hydrogen-bond acceptors (Lipinski definition) is 4. The molecule has 0 aliphatic rings. The van der Waals surface area contributed by atoms with Gasteiger partial charge in [-0.25, -0.2) is 4.98 Å². The zero-order valence-electron chi connectivity index (χ0n) is 14.3.